The third kappa shape index (κ3) is 5.97. The number of aliphatic carboxylic acids is 1. The maximum Gasteiger partial charge on any atom is 0.490 e. The molecule has 0 spiro atoms. The van der Waals surface area contributed by atoms with Gasteiger partial charge in [-0.3, -0.25) is 5.10 Å². The van der Waals surface area contributed by atoms with Gasteiger partial charge in [0.25, 0.3) is 0 Å². The Morgan fingerprint density at radius 2 is 1.94 bits per heavy atom. The standard InChI is InChI=1S/C16H12ClN5O2S2.C2HF3O2/c1-26(23,24)10-4-2-3-9(7-10)15-20-16(25-22-15)19-13-6-5-12-11(14(13)17)8-18-21-12;3-2(4,5)1(6)7/h2-8H,1H3,(H,18,21)(H,19,20,22);(H,6,7). The molecule has 0 bridgehead atoms. The van der Waals surface area contributed by atoms with E-state index in [0.717, 1.165) is 22.4 Å². The number of fused-ring (bicyclic) bond motifs is 1. The summed E-state index contributed by atoms with van der Waals surface area (Å²) >= 11 is 7.56. The highest BCUT2D eigenvalue weighted by molar-refractivity contribution is 7.90. The lowest BCUT2D eigenvalue weighted by molar-refractivity contribution is -0.192. The van der Waals surface area contributed by atoms with Crippen LogP contribution in [0.3, 0.4) is 0 Å². The summed E-state index contributed by atoms with van der Waals surface area (Å²) in [5.74, 6) is -2.31. The Balaban J connectivity index is 0.000000383. The number of anilines is 2. The van der Waals surface area contributed by atoms with Gasteiger partial charge in [-0.05, 0) is 24.3 Å². The smallest absolute Gasteiger partial charge is 0.475 e. The van der Waals surface area contributed by atoms with Crippen molar-refractivity contribution in [3.8, 4) is 11.4 Å². The minimum atomic E-state index is -5.08. The number of H-pyrrole nitrogens is 1. The van der Waals surface area contributed by atoms with Gasteiger partial charge in [0.1, 0.15) is 0 Å². The molecule has 0 saturated heterocycles. The Labute approximate surface area is 193 Å². The molecule has 4 aromatic rings. The first-order valence-electron chi connectivity index (χ1n) is 8.69. The van der Waals surface area contributed by atoms with Crippen LogP contribution in [0.1, 0.15) is 0 Å². The molecule has 0 amide bonds. The number of nitrogens with zero attached hydrogens (tertiary/aromatic N) is 3. The number of carboxylic acid groups (broad SMARTS) is 1. The molecule has 0 aliphatic rings. The number of hydrogen-bond acceptors (Lipinski definition) is 8. The average molecular weight is 520 g/mol. The van der Waals surface area contributed by atoms with Gasteiger partial charge in [-0.2, -0.15) is 27.6 Å². The predicted molar refractivity (Wildman–Crippen MR) is 117 cm³/mol. The van der Waals surface area contributed by atoms with Gasteiger partial charge in [-0.1, -0.05) is 23.7 Å². The summed E-state index contributed by atoms with van der Waals surface area (Å²) in [6, 6.07) is 10.2. The van der Waals surface area contributed by atoms with Crippen molar-refractivity contribution in [2.24, 2.45) is 0 Å². The fourth-order valence-corrected chi connectivity index (χ4v) is 3.98. The SMILES string of the molecule is CS(=O)(=O)c1cccc(-c2nsc(Nc3ccc4[nH]ncc4c3Cl)n2)c1.O=C(O)C(F)(F)F. The van der Waals surface area contributed by atoms with E-state index in [2.05, 4.69) is 24.9 Å². The number of halogens is 4. The van der Waals surface area contributed by atoms with Crippen LogP contribution >= 0.6 is 23.1 Å². The third-order valence-corrected chi connectivity index (χ3v) is 6.14. The van der Waals surface area contributed by atoms with E-state index in [1.165, 1.54) is 6.26 Å². The lowest BCUT2D eigenvalue weighted by Crippen LogP contribution is -2.21. The summed E-state index contributed by atoms with van der Waals surface area (Å²) < 4.78 is 59.5. The molecule has 0 fully saturated rings. The van der Waals surface area contributed by atoms with E-state index in [4.69, 9.17) is 21.5 Å². The molecule has 33 heavy (non-hydrogen) atoms. The average Bonchev–Trinajstić information content (AvgIpc) is 3.39. The van der Waals surface area contributed by atoms with E-state index in [9.17, 15) is 21.6 Å². The molecule has 0 unspecified atom stereocenters. The van der Waals surface area contributed by atoms with Gasteiger partial charge < -0.3 is 10.4 Å². The lowest BCUT2D eigenvalue weighted by Gasteiger charge is -2.05. The monoisotopic (exact) mass is 519 g/mol. The number of sulfone groups is 1. The zero-order valence-corrected chi connectivity index (χ0v) is 18.8. The number of rotatable bonds is 4. The second-order valence-corrected chi connectivity index (χ2v) is 9.55. The van der Waals surface area contributed by atoms with Crippen LogP contribution in [0.15, 0.2) is 47.5 Å². The number of hydrogen-bond donors (Lipinski definition) is 3. The van der Waals surface area contributed by atoms with Crippen molar-refractivity contribution >= 4 is 60.7 Å². The van der Waals surface area contributed by atoms with Crippen molar-refractivity contribution in [3.63, 3.8) is 0 Å². The number of aromatic nitrogens is 4. The van der Waals surface area contributed by atoms with Gasteiger partial charge in [0.05, 0.1) is 27.3 Å². The van der Waals surface area contributed by atoms with Crippen molar-refractivity contribution in [1.29, 1.82) is 0 Å². The highest BCUT2D eigenvalue weighted by atomic mass is 35.5. The van der Waals surface area contributed by atoms with Crippen molar-refractivity contribution < 1.29 is 31.5 Å². The van der Waals surface area contributed by atoms with Gasteiger partial charge in [0.2, 0.25) is 5.13 Å². The molecule has 9 nitrogen and oxygen atoms in total. The van der Waals surface area contributed by atoms with Gasteiger partial charge in [-0.25, -0.2) is 13.2 Å². The van der Waals surface area contributed by atoms with E-state index < -0.39 is 22.0 Å². The van der Waals surface area contributed by atoms with Gasteiger partial charge in [-0.15, -0.1) is 0 Å². The molecular weight excluding hydrogens is 507 g/mol. The van der Waals surface area contributed by atoms with E-state index in [0.29, 0.717) is 27.2 Å². The Hall–Kier alpha value is -3.23. The van der Waals surface area contributed by atoms with Crippen LogP contribution in [0, 0.1) is 0 Å². The molecule has 0 atom stereocenters. The second kappa shape index (κ2) is 9.33. The Morgan fingerprint density at radius 1 is 1.24 bits per heavy atom. The fraction of sp³-hybridized carbons (Fsp3) is 0.111. The Bertz CT molecular complexity index is 1420. The first-order chi connectivity index (χ1) is 15.4. The van der Waals surface area contributed by atoms with Crippen molar-refractivity contribution in [2.75, 3.05) is 11.6 Å². The summed E-state index contributed by atoms with van der Waals surface area (Å²) in [6.07, 6.45) is -2.26. The van der Waals surface area contributed by atoms with Gasteiger partial charge >= 0.3 is 12.1 Å². The molecule has 0 saturated carbocycles. The number of alkyl halides is 3. The number of nitrogens with one attached hydrogen (secondary N) is 2. The molecule has 174 valence electrons. The molecule has 3 N–H and O–H groups in total. The highest BCUT2D eigenvalue weighted by Gasteiger charge is 2.38. The Morgan fingerprint density at radius 3 is 2.58 bits per heavy atom. The molecule has 0 radical (unpaired) electrons. The number of carbonyl (C=O) groups is 1. The second-order valence-electron chi connectivity index (χ2n) is 6.41. The summed E-state index contributed by atoms with van der Waals surface area (Å²) in [5, 5.41) is 19.0. The zero-order valence-electron chi connectivity index (χ0n) is 16.4. The molecule has 0 aliphatic heterocycles. The molecule has 4 rings (SSSR count). The topological polar surface area (TPSA) is 138 Å². The first kappa shape index (κ1) is 24.4. The van der Waals surface area contributed by atoms with Crippen LogP contribution in [-0.4, -0.2) is 51.5 Å². The largest absolute Gasteiger partial charge is 0.490 e. The van der Waals surface area contributed by atoms with Crippen LogP contribution in [0.25, 0.3) is 22.3 Å². The maximum absolute atomic E-state index is 11.7. The van der Waals surface area contributed by atoms with Crippen LogP contribution in [-0.2, 0) is 14.6 Å². The first-order valence-corrected chi connectivity index (χ1v) is 11.7. The molecule has 2 heterocycles. The maximum atomic E-state index is 11.7. The normalized spacial score (nSPS) is 11.7. The minimum Gasteiger partial charge on any atom is -0.475 e. The Kier molecular flexibility index (Phi) is 6.90. The summed E-state index contributed by atoms with van der Waals surface area (Å²) in [6.45, 7) is 0. The highest BCUT2D eigenvalue weighted by Crippen LogP contribution is 2.33. The quantitative estimate of drug-likeness (QED) is 0.358. The van der Waals surface area contributed by atoms with Gasteiger partial charge in [0.15, 0.2) is 15.7 Å². The third-order valence-electron chi connectivity index (χ3n) is 3.99. The van der Waals surface area contributed by atoms with E-state index in [1.807, 2.05) is 12.1 Å². The van der Waals surface area contributed by atoms with Crippen LogP contribution in [0.5, 0.6) is 0 Å². The zero-order chi connectivity index (χ0) is 24.4. The molecule has 2 aromatic heterocycles. The van der Waals surface area contributed by atoms with E-state index in [1.54, 1.807) is 30.5 Å². The van der Waals surface area contributed by atoms with Gasteiger partial charge in [0, 0.05) is 28.7 Å². The summed E-state index contributed by atoms with van der Waals surface area (Å²) in [5.41, 5.74) is 2.16. The minimum absolute atomic E-state index is 0.229. The number of benzene rings is 2. The fourth-order valence-electron chi connectivity index (χ4n) is 2.45. The van der Waals surface area contributed by atoms with Crippen LogP contribution < -0.4 is 5.32 Å². The molecule has 0 aliphatic carbocycles. The van der Waals surface area contributed by atoms with Crippen LogP contribution in [0.4, 0.5) is 24.0 Å². The van der Waals surface area contributed by atoms with E-state index >= 15 is 0 Å². The van der Waals surface area contributed by atoms with E-state index in [-0.39, 0.29) is 4.90 Å². The molecule has 2 aromatic carbocycles. The van der Waals surface area contributed by atoms with Crippen molar-refractivity contribution in [3.05, 3.63) is 47.6 Å². The van der Waals surface area contributed by atoms with Crippen molar-refractivity contribution in [1.82, 2.24) is 19.6 Å². The number of aromatic amines is 1. The molecular formula is C18H13ClF3N5O4S2. The number of carboxylic acids is 1. The van der Waals surface area contributed by atoms with Crippen molar-refractivity contribution in [2.45, 2.75) is 11.1 Å². The summed E-state index contributed by atoms with van der Waals surface area (Å²) in [7, 11) is -3.29. The lowest BCUT2D eigenvalue weighted by atomic mass is 10.2. The molecule has 15 heteroatoms. The predicted octanol–water partition coefficient (Wildman–Crippen LogP) is 4.52. The van der Waals surface area contributed by atoms with Crippen LogP contribution in [0.2, 0.25) is 5.02 Å². The summed E-state index contributed by atoms with van der Waals surface area (Å²) in [4.78, 5) is 13.6.